The molecule has 3 nitrogen and oxygen atoms in total. The van der Waals surface area contributed by atoms with Gasteiger partial charge in [-0.15, -0.1) is 12.4 Å². The Hall–Kier alpha value is -1.50. The molecule has 0 bridgehead atoms. The maximum Gasteiger partial charge on any atom is 0.408 e. The van der Waals surface area contributed by atoms with E-state index in [4.69, 9.17) is 0 Å². The fraction of sp³-hybridized carbons (Fsp3) is 0.300. The van der Waals surface area contributed by atoms with Crippen LogP contribution in [-0.4, -0.2) is 18.6 Å². The average molecular weight is 286 g/mol. The first-order chi connectivity index (χ1) is 7.90. The van der Waals surface area contributed by atoms with Crippen LogP contribution in [0.1, 0.15) is 11.6 Å². The maximum atomic E-state index is 13.4. The molecule has 1 fully saturated rings. The van der Waals surface area contributed by atoms with Crippen LogP contribution in [0.5, 0.6) is 0 Å². The van der Waals surface area contributed by atoms with Crippen molar-refractivity contribution in [2.24, 2.45) is 0 Å². The van der Waals surface area contributed by atoms with Crippen LogP contribution >= 0.6 is 12.4 Å². The molecule has 2 rings (SSSR count). The number of carbonyl (C=O) groups excluding carboxylic acids is 1. The van der Waals surface area contributed by atoms with Crippen LogP contribution < -0.4 is 5.32 Å². The highest BCUT2D eigenvalue weighted by Gasteiger charge is 2.47. The second-order valence-corrected chi connectivity index (χ2v) is 3.58. The summed E-state index contributed by atoms with van der Waals surface area (Å²) >= 11 is 0. The Morgan fingerprint density at radius 3 is 2.61 bits per heavy atom. The van der Waals surface area contributed by atoms with Crippen LogP contribution in [0.2, 0.25) is 0 Å². The molecular weight excluding hydrogens is 278 g/mol. The summed E-state index contributed by atoms with van der Waals surface area (Å²) in [6, 6.07) is 0.335. The molecule has 0 radical (unpaired) electrons. The number of halogens is 5. The van der Waals surface area contributed by atoms with Gasteiger partial charge < -0.3 is 10.1 Å². The number of alkyl halides is 2. The Labute approximate surface area is 106 Å². The quantitative estimate of drug-likeness (QED) is 0.806. The topological polar surface area (TPSA) is 38.3 Å². The van der Waals surface area contributed by atoms with Crippen LogP contribution in [0.4, 0.5) is 22.4 Å². The highest BCUT2D eigenvalue weighted by molar-refractivity contribution is 5.85. The number of benzene rings is 1. The van der Waals surface area contributed by atoms with Crippen molar-refractivity contribution in [1.82, 2.24) is 5.32 Å². The molecule has 1 amide bonds. The van der Waals surface area contributed by atoms with Gasteiger partial charge in [-0.05, 0) is 6.07 Å². The molecule has 1 atom stereocenters. The number of hydrogen-bond acceptors (Lipinski definition) is 2. The lowest BCUT2D eigenvalue weighted by molar-refractivity contribution is -0.105. The van der Waals surface area contributed by atoms with Crippen molar-refractivity contribution in [2.75, 3.05) is 6.61 Å². The summed E-state index contributed by atoms with van der Waals surface area (Å²) in [6.45, 7) is -1.14. The van der Waals surface area contributed by atoms with E-state index in [2.05, 4.69) is 4.74 Å². The summed E-state index contributed by atoms with van der Waals surface area (Å²) in [5, 5.41) is 1.81. The van der Waals surface area contributed by atoms with Crippen molar-refractivity contribution in [3.05, 3.63) is 35.4 Å². The van der Waals surface area contributed by atoms with Crippen molar-refractivity contribution in [3.8, 4) is 0 Å². The summed E-state index contributed by atoms with van der Waals surface area (Å²) < 4.78 is 56.9. The first-order valence-electron chi connectivity index (χ1n) is 4.66. The Bertz CT molecular complexity index is 469. The van der Waals surface area contributed by atoms with Gasteiger partial charge in [0.25, 0.3) is 0 Å². The second kappa shape index (κ2) is 5.01. The lowest BCUT2D eigenvalue weighted by Crippen LogP contribution is -2.49. The van der Waals surface area contributed by atoms with E-state index in [1.807, 2.05) is 5.32 Å². The number of nitrogens with one attached hydrogen (secondary N) is 1. The smallest absolute Gasteiger partial charge is 0.408 e. The highest BCUT2D eigenvalue weighted by Crippen LogP contribution is 2.35. The molecule has 0 aromatic heterocycles. The molecular formula is C10H8ClF4NO2. The number of ether oxygens (including phenoxy) is 1. The van der Waals surface area contributed by atoms with E-state index in [1.165, 1.54) is 0 Å². The molecule has 18 heavy (non-hydrogen) atoms. The number of alkyl carbamates (subject to hydrolysis) is 1. The minimum Gasteiger partial charge on any atom is -0.443 e. The van der Waals surface area contributed by atoms with E-state index in [1.54, 1.807) is 0 Å². The molecule has 1 aromatic carbocycles. The van der Waals surface area contributed by atoms with Gasteiger partial charge in [0.1, 0.15) is 17.7 Å². The predicted octanol–water partition coefficient (Wildman–Crippen LogP) is 2.80. The molecule has 0 saturated carbocycles. The maximum absolute atomic E-state index is 13.4. The van der Waals surface area contributed by atoms with Gasteiger partial charge in [0.15, 0.2) is 6.61 Å². The third kappa shape index (κ3) is 2.66. The van der Waals surface area contributed by atoms with Gasteiger partial charge in [0.2, 0.25) is 0 Å². The zero-order chi connectivity index (χ0) is 12.6. The third-order valence-corrected chi connectivity index (χ3v) is 2.35. The van der Waals surface area contributed by atoms with E-state index < -0.39 is 41.9 Å². The van der Waals surface area contributed by atoms with Crippen LogP contribution in [0.25, 0.3) is 0 Å². The number of rotatable bonds is 1. The zero-order valence-corrected chi connectivity index (χ0v) is 9.57. The first-order valence-corrected chi connectivity index (χ1v) is 4.66. The van der Waals surface area contributed by atoms with Crippen molar-refractivity contribution >= 4 is 18.5 Å². The number of cyclic esters (lactones) is 1. The summed E-state index contributed by atoms with van der Waals surface area (Å²) in [5.74, 6) is -5.48. The molecule has 1 N–H and O–H groups in total. The van der Waals surface area contributed by atoms with Crippen molar-refractivity contribution in [3.63, 3.8) is 0 Å². The van der Waals surface area contributed by atoms with Crippen LogP contribution in [0, 0.1) is 11.6 Å². The highest BCUT2D eigenvalue weighted by atomic mass is 35.5. The van der Waals surface area contributed by atoms with E-state index in [0.717, 1.165) is 12.1 Å². The Balaban J connectivity index is 0.00000162. The van der Waals surface area contributed by atoms with Gasteiger partial charge in [0, 0.05) is 11.6 Å². The molecule has 1 aliphatic rings. The van der Waals surface area contributed by atoms with Gasteiger partial charge in [-0.1, -0.05) is 6.07 Å². The molecule has 0 aliphatic carbocycles. The zero-order valence-electron chi connectivity index (χ0n) is 8.75. The molecule has 0 spiro atoms. The summed E-state index contributed by atoms with van der Waals surface area (Å²) in [5.41, 5.74) is -0.479. The fourth-order valence-electron chi connectivity index (χ4n) is 1.55. The standard InChI is InChI=1S/C10H7F4NO2.ClH/c11-5-1-2-6(7(12)3-5)8-10(13,14)4-17-9(16)15-8;/h1-3,8H,4H2,(H,15,16);1H/t8-;/m0./s1. The minimum atomic E-state index is -3.45. The van der Waals surface area contributed by atoms with Crippen molar-refractivity contribution in [1.29, 1.82) is 0 Å². The van der Waals surface area contributed by atoms with Crippen LogP contribution in [-0.2, 0) is 4.74 Å². The number of amides is 1. The second-order valence-electron chi connectivity index (χ2n) is 3.58. The van der Waals surface area contributed by atoms with Gasteiger partial charge >= 0.3 is 12.0 Å². The van der Waals surface area contributed by atoms with E-state index in [-0.39, 0.29) is 12.4 Å². The Morgan fingerprint density at radius 2 is 2.00 bits per heavy atom. The van der Waals surface area contributed by atoms with Gasteiger partial charge in [-0.2, -0.15) is 0 Å². The largest absolute Gasteiger partial charge is 0.443 e. The van der Waals surface area contributed by atoms with Gasteiger partial charge in [0.05, 0.1) is 0 Å². The third-order valence-electron chi connectivity index (χ3n) is 2.35. The van der Waals surface area contributed by atoms with Crippen LogP contribution in [0.3, 0.4) is 0 Å². The molecule has 1 aromatic rings. The van der Waals surface area contributed by atoms with E-state index >= 15 is 0 Å². The van der Waals surface area contributed by atoms with Crippen molar-refractivity contribution in [2.45, 2.75) is 12.0 Å². The van der Waals surface area contributed by atoms with Gasteiger partial charge in [-0.3, -0.25) is 0 Å². The number of carbonyl (C=O) groups is 1. The summed E-state index contributed by atoms with van der Waals surface area (Å²) in [7, 11) is 0. The molecule has 1 heterocycles. The normalized spacial score (nSPS) is 21.6. The van der Waals surface area contributed by atoms with Crippen molar-refractivity contribution < 1.29 is 27.1 Å². The van der Waals surface area contributed by atoms with Crippen LogP contribution in [0.15, 0.2) is 18.2 Å². The lowest BCUT2D eigenvalue weighted by Gasteiger charge is -2.31. The average Bonchev–Trinajstić information content (AvgIpc) is 2.23. The lowest BCUT2D eigenvalue weighted by atomic mass is 9.99. The SMILES string of the molecule is Cl.O=C1N[C@@H](c2ccc(F)cc2F)C(F)(F)CO1. The Kier molecular flexibility index (Phi) is 4.05. The van der Waals surface area contributed by atoms with E-state index in [0.29, 0.717) is 6.07 Å². The number of hydrogen-bond donors (Lipinski definition) is 1. The summed E-state index contributed by atoms with van der Waals surface area (Å²) in [4.78, 5) is 10.8. The fourth-order valence-corrected chi connectivity index (χ4v) is 1.55. The molecule has 100 valence electrons. The van der Waals surface area contributed by atoms with E-state index in [9.17, 15) is 22.4 Å². The van der Waals surface area contributed by atoms with Gasteiger partial charge in [-0.25, -0.2) is 22.4 Å². The monoisotopic (exact) mass is 285 g/mol. The summed E-state index contributed by atoms with van der Waals surface area (Å²) in [6.07, 6.45) is -1.07. The molecule has 1 aliphatic heterocycles. The molecule has 1 saturated heterocycles. The first kappa shape index (κ1) is 14.6. The Morgan fingerprint density at radius 1 is 1.33 bits per heavy atom. The molecule has 0 unspecified atom stereocenters. The minimum absolute atomic E-state index is 0. The molecule has 8 heteroatoms. The predicted molar refractivity (Wildman–Crippen MR) is 55.8 cm³/mol.